The largest absolute Gasteiger partial charge is 0.395 e. The Balaban J connectivity index is 2.44. The maximum Gasteiger partial charge on any atom is 0.0617 e. The monoisotopic (exact) mass is 240 g/mol. The highest BCUT2D eigenvalue weighted by Crippen LogP contribution is 2.24. The minimum Gasteiger partial charge on any atom is -0.395 e. The molecule has 0 aromatic heterocycles. The molecule has 0 spiro atoms. The lowest BCUT2D eigenvalue weighted by atomic mass is 10.2. The standard InChI is InChI=1S/C13H20O2S/c1-13(2,3)15-10-12(9-14)16-11-7-5-4-6-8-11/h4-8,12,14H,9-10H2,1-3H3. The van der Waals surface area contributed by atoms with Crippen LogP contribution in [0.1, 0.15) is 20.8 Å². The smallest absolute Gasteiger partial charge is 0.0617 e. The molecule has 0 aliphatic rings. The van der Waals surface area contributed by atoms with Crippen LogP contribution < -0.4 is 0 Å². The average molecular weight is 240 g/mol. The first-order chi connectivity index (χ1) is 7.51. The Labute approximate surface area is 102 Å². The third-order valence-electron chi connectivity index (χ3n) is 1.95. The molecule has 1 N–H and O–H groups in total. The summed E-state index contributed by atoms with van der Waals surface area (Å²) in [5, 5.41) is 9.38. The molecule has 0 aliphatic heterocycles. The number of thioether (sulfide) groups is 1. The Morgan fingerprint density at radius 2 is 1.88 bits per heavy atom. The van der Waals surface area contributed by atoms with Gasteiger partial charge >= 0.3 is 0 Å². The van der Waals surface area contributed by atoms with Crippen molar-refractivity contribution in [1.82, 2.24) is 0 Å². The van der Waals surface area contributed by atoms with Crippen molar-refractivity contribution in [2.45, 2.75) is 36.5 Å². The van der Waals surface area contributed by atoms with E-state index in [1.54, 1.807) is 11.8 Å². The third-order valence-corrected chi connectivity index (χ3v) is 3.11. The van der Waals surface area contributed by atoms with E-state index >= 15 is 0 Å². The summed E-state index contributed by atoms with van der Waals surface area (Å²) in [7, 11) is 0. The predicted octanol–water partition coefficient (Wildman–Crippen LogP) is 2.95. The Hall–Kier alpha value is -0.510. The Kier molecular flexibility index (Phi) is 5.32. The molecule has 1 unspecified atom stereocenters. The van der Waals surface area contributed by atoms with E-state index in [4.69, 9.17) is 4.74 Å². The summed E-state index contributed by atoms with van der Waals surface area (Å²) in [5.74, 6) is 0. The normalized spacial score (nSPS) is 13.8. The van der Waals surface area contributed by atoms with Crippen LogP contribution in [-0.4, -0.2) is 29.2 Å². The van der Waals surface area contributed by atoms with Crippen molar-refractivity contribution in [3.8, 4) is 0 Å². The fourth-order valence-electron chi connectivity index (χ4n) is 1.16. The number of aliphatic hydroxyl groups excluding tert-OH is 1. The number of hydrogen-bond acceptors (Lipinski definition) is 3. The summed E-state index contributed by atoms with van der Waals surface area (Å²) >= 11 is 1.65. The lowest BCUT2D eigenvalue weighted by Gasteiger charge is -2.23. The van der Waals surface area contributed by atoms with Gasteiger partial charge in [-0.2, -0.15) is 0 Å². The van der Waals surface area contributed by atoms with Crippen molar-refractivity contribution in [1.29, 1.82) is 0 Å². The lowest BCUT2D eigenvalue weighted by Crippen LogP contribution is -2.26. The van der Waals surface area contributed by atoms with Crippen LogP contribution in [-0.2, 0) is 4.74 Å². The summed E-state index contributed by atoms with van der Waals surface area (Å²) in [6, 6.07) is 10.1. The summed E-state index contributed by atoms with van der Waals surface area (Å²) in [6.45, 7) is 6.77. The maximum atomic E-state index is 9.28. The van der Waals surface area contributed by atoms with E-state index in [2.05, 4.69) is 0 Å². The van der Waals surface area contributed by atoms with Gasteiger partial charge in [-0.1, -0.05) is 18.2 Å². The van der Waals surface area contributed by atoms with E-state index in [1.165, 1.54) is 4.90 Å². The molecule has 0 radical (unpaired) electrons. The molecule has 16 heavy (non-hydrogen) atoms. The van der Waals surface area contributed by atoms with Gasteiger partial charge in [-0.05, 0) is 32.9 Å². The van der Waals surface area contributed by atoms with Gasteiger partial charge < -0.3 is 9.84 Å². The summed E-state index contributed by atoms with van der Waals surface area (Å²) in [5.41, 5.74) is -0.148. The van der Waals surface area contributed by atoms with Gasteiger partial charge in [-0.15, -0.1) is 11.8 Å². The zero-order valence-electron chi connectivity index (χ0n) is 10.1. The Morgan fingerprint density at radius 3 is 2.38 bits per heavy atom. The number of rotatable bonds is 5. The Bertz CT molecular complexity index is 293. The number of benzene rings is 1. The molecule has 1 aromatic carbocycles. The minimum absolute atomic E-state index is 0.0987. The molecule has 1 atom stereocenters. The average Bonchev–Trinajstić information content (AvgIpc) is 2.24. The first-order valence-corrected chi connectivity index (χ1v) is 6.36. The number of ether oxygens (including phenoxy) is 1. The van der Waals surface area contributed by atoms with Crippen LogP contribution in [0, 0.1) is 0 Å². The fourth-order valence-corrected chi connectivity index (χ4v) is 2.07. The second-order valence-electron chi connectivity index (χ2n) is 4.66. The molecule has 0 saturated heterocycles. The molecule has 0 aliphatic carbocycles. The van der Waals surface area contributed by atoms with Crippen LogP contribution >= 0.6 is 11.8 Å². The second-order valence-corrected chi connectivity index (χ2v) is 6.03. The highest BCUT2D eigenvalue weighted by molar-refractivity contribution is 8.00. The first-order valence-electron chi connectivity index (χ1n) is 5.48. The SMILES string of the molecule is CC(C)(C)OCC(CO)Sc1ccccc1. The molecule has 90 valence electrons. The lowest BCUT2D eigenvalue weighted by molar-refractivity contribution is -0.00619. The van der Waals surface area contributed by atoms with Crippen molar-refractivity contribution in [2.75, 3.05) is 13.2 Å². The number of aliphatic hydroxyl groups is 1. The van der Waals surface area contributed by atoms with Gasteiger partial charge in [0.1, 0.15) is 0 Å². The molecular formula is C13H20O2S. The van der Waals surface area contributed by atoms with E-state index in [-0.39, 0.29) is 17.5 Å². The van der Waals surface area contributed by atoms with Gasteiger partial charge in [-0.3, -0.25) is 0 Å². The molecule has 0 heterocycles. The van der Waals surface area contributed by atoms with Crippen molar-refractivity contribution in [3.05, 3.63) is 30.3 Å². The van der Waals surface area contributed by atoms with Gasteiger partial charge in [0.2, 0.25) is 0 Å². The van der Waals surface area contributed by atoms with Crippen molar-refractivity contribution in [2.24, 2.45) is 0 Å². The molecule has 0 amide bonds. The van der Waals surface area contributed by atoms with E-state index in [0.29, 0.717) is 6.61 Å². The van der Waals surface area contributed by atoms with Gasteiger partial charge in [0.15, 0.2) is 0 Å². The van der Waals surface area contributed by atoms with Crippen LogP contribution in [0.2, 0.25) is 0 Å². The van der Waals surface area contributed by atoms with Crippen LogP contribution in [0.4, 0.5) is 0 Å². The zero-order chi connectivity index (χ0) is 12.0. The van der Waals surface area contributed by atoms with Crippen molar-refractivity contribution < 1.29 is 9.84 Å². The van der Waals surface area contributed by atoms with Gasteiger partial charge in [-0.25, -0.2) is 0 Å². The number of hydrogen-bond donors (Lipinski definition) is 1. The second kappa shape index (κ2) is 6.28. The third kappa shape index (κ3) is 5.54. The van der Waals surface area contributed by atoms with Crippen molar-refractivity contribution >= 4 is 11.8 Å². The summed E-state index contributed by atoms with van der Waals surface area (Å²) in [6.07, 6.45) is 0. The fraction of sp³-hybridized carbons (Fsp3) is 0.538. The Morgan fingerprint density at radius 1 is 1.25 bits per heavy atom. The van der Waals surface area contributed by atoms with Gasteiger partial charge in [0, 0.05) is 4.90 Å². The molecule has 0 bridgehead atoms. The van der Waals surface area contributed by atoms with Crippen molar-refractivity contribution in [3.63, 3.8) is 0 Å². The van der Waals surface area contributed by atoms with Gasteiger partial charge in [0.25, 0.3) is 0 Å². The van der Waals surface area contributed by atoms with E-state index in [9.17, 15) is 5.11 Å². The molecule has 1 aromatic rings. The summed E-state index contributed by atoms with van der Waals surface area (Å²) in [4.78, 5) is 1.17. The molecule has 0 saturated carbocycles. The van der Waals surface area contributed by atoms with E-state index in [0.717, 1.165) is 0 Å². The molecular weight excluding hydrogens is 220 g/mol. The van der Waals surface area contributed by atoms with Gasteiger partial charge in [0.05, 0.1) is 24.1 Å². The van der Waals surface area contributed by atoms with Crippen LogP contribution in [0.5, 0.6) is 0 Å². The first kappa shape index (κ1) is 13.6. The highest BCUT2D eigenvalue weighted by atomic mass is 32.2. The van der Waals surface area contributed by atoms with Crippen LogP contribution in [0.3, 0.4) is 0 Å². The summed E-state index contributed by atoms with van der Waals surface area (Å²) < 4.78 is 5.67. The van der Waals surface area contributed by atoms with Crippen LogP contribution in [0.15, 0.2) is 35.2 Å². The van der Waals surface area contributed by atoms with E-state index in [1.807, 2.05) is 51.1 Å². The molecule has 0 fully saturated rings. The highest BCUT2D eigenvalue weighted by Gasteiger charge is 2.15. The topological polar surface area (TPSA) is 29.5 Å². The van der Waals surface area contributed by atoms with Crippen LogP contribution in [0.25, 0.3) is 0 Å². The molecule has 3 heteroatoms. The quantitative estimate of drug-likeness (QED) is 0.802. The zero-order valence-corrected chi connectivity index (χ0v) is 11.0. The minimum atomic E-state index is -0.148. The van der Waals surface area contributed by atoms with E-state index < -0.39 is 0 Å². The molecule has 2 nitrogen and oxygen atoms in total. The maximum absolute atomic E-state index is 9.28. The molecule has 1 rings (SSSR count). The predicted molar refractivity (Wildman–Crippen MR) is 68.9 cm³/mol.